The summed E-state index contributed by atoms with van der Waals surface area (Å²) >= 11 is 1.40. The fourth-order valence-corrected chi connectivity index (χ4v) is 3.59. The topological polar surface area (TPSA) is 63.4 Å². The maximum Gasteiger partial charge on any atom is 0.283 e. The van der Waals surface area contributed by atoms with Gasteiger partial charge >= 0.3 is 0 Å². The Morgan fingerprint density at radius 3 is 2.71 bits per heavy atom. The van der Waals surface area contributed by atoms with Crippen LogP contribution in [0.4, 0.5) is 5.69 Å². The van der Waals surface area contributed by atoms with Crippen molar-refractivity contribution in [1.82, 2.24) is 0 Å². The van der Waals surface area contributed by atoms with Crippen LogP contribution >= 0.6 is 11.8 Å². The number of hydrogen-bond acceptors (Lipinski definition) is 4. The quantitative estimate of drug-likeness (QED) is 0.690. The summed E-state index contributed by atoms with van der Waals surface area (Å²) in [5.74, 6) is 0. The molecule has 0 spiro atoms. The Balaban J connectivity index is 1.92. The number of nitrogens with zero attached hydrogens (tertiary/aromatic N) is 1. The van der Waals surface area contributed by atoms with E-state index in [1.807, 2.05) is 6.07 Å². The second-order valence-electron chi connectivity index (χ2n) is 5.10. The highest BCUT2D eigenvalue weighted by molar-refractivity contribution is 7.99. The van der Waals surface area contributed by atoms with Crippen LogP contribution in [0, 0.1) is 10.1 Å². The highest BCUT2D eigenvalue weighted by Crippen LogP contribution is 2.37. The lowest BCUT2D eigenvalue weighted by molar-refractivity contribution is -0.387. The number of fused-ring (bicyclic) bond motifs is 1. The van der Waals surface area contributed by atoms with Gasteiger partial charge in [-0.3, -0.25) is 10.1 Å². The molecule has 1 aliphatic carbocycles. The molecule has 0 amide bonds. The van der Waals surface area contributed by atoms with E-state index in [0.29, 0.717) is 10.5 Å². The fraction of sp³-hybridized carbons (Fsp3) is 0.250. The van der Waals surface area contributed by atoms with Gasteiger partial charge in [0.05, 0.1) is 16.4 Å². The van der Waals surface area contributed by atoms with Gasteiger partial charge in [-0.15, -0.1) is 0 Å². The first-order valence-corrected chi connectivity index (χ1v) is 7.67. The van der Waals surface area contributed by atoms with E-state index in [2.05, 4.69) is 12.1 Å². The number of nitro groups is 1. The van der Waals surface area contributed by atoms with Crippen LogP contribution in [0.1, 0.15) is 23.1 Å². The molecule has 0 saturated heterocycles. The van der Waals surface area contributed by atoms with Crippen molar-refractivity contribution in [2.24, 2.45) is 0 Å². The van der Waals surface area contributed by atoms with Gasteiger partial charge in [-0.05, 0) is 54.2 Å². The van der Waals surface area contributed by atoms with Crippen molar-refractivity contribution < 1.29 is 10.0 Å². The molecule has 0 saturated carbocycles. The second kappa shape index (κ2) is 5.87. The minimum atomic E-state index is -0.394. The number of nitro benzene ring substituents is 1. The van der Waals surface area contributed by atoms with E-state index in [4.69, 9.17) is 5.11 Å². The summed E-state index contributed by atoms with van der Waals surface area (Å²) in [5.41, 5.74) is 3.35. The molecule has 0 aromatic heterocycles. The van der Waals surface area contributed by atoms with Crippen LogP contribution in [0.3, 0.4) is 0 Å². The fourth-order valence-electron chi connectivity index (χ4n) is 2.63. The molecule has 0 heterocycles. The molecule has 1 N–H and O–H groups in total. The molecular weight excluding hydrogens is 286 g/mol. The van der Waals surface area contributed by atoms with Crippen molar-refractivity contribution in [3.63, 3.8) is 0 Å². The zero-order valence-electron chi connectivity index (χ0n) is 11.4. The zero-order valence-corrected chi connectivity index (χ0v) is 12.2. The van der Waals surface area contributed by atoms with Crippen molar-refractivity contribution in [1.29, 1.82) is 0 Å². The molecule has 0 aliphatic heterocycles. The third-order valence-electron chi connectivity index (χ3n) is 3.70. The third kappa shape index (κ3) is 2.94. The number of aliphatic hydroxyl groups is 1. The molecule has 4 nitrogen and oxygen atoms in total. The minimum Gasteiger partial charge on any atom is -0.392 e. The highest BCUT2D eigenvalue weighted by Gasteiger charge is 2.17. The maximum absolute atomic E-state index is 11.2. The average Bonchev–Trinajstić information content (AvgIpc) is 2.95. The lowest BCUT2D eigenvalue weighted by Gasteiger charge is -2.06. The third-order valence-corrected chi connectivity index (χ3v) is 4.76. The van der Waals surface area contributed by atoms with Crippen molar-refractivity contribution in [2.75, 3.05) is 0 Å². The molecule has 1 aliphatic rings. The Kier molecular flexibility index (Phi) is 3.94. The van der Waals surface area contributed by atoms with Gasteiger partial charge in [0.2, 0.25) is 0 Å². The molecule has 2 aromatic rings. The minimum absolute atomic E-state index is 0.0482. The van der Waals surface area contributed by atoms with Gasteiger partial charge in [-0.2, -0.15) is 0 Å². The molecule has 3 rings (SSSR count). The molecule has 21 heavy (non-hydrogen) atoms. The van der Waals surface area contributed by atoms with Crippen LogP contribution in [-0.4, -0.2) is 10.0 Å². The van der Waals surface area contributed by atoms with Gasteiger partial charge in [0, 0.05) is 11.0 Å². The van der Waals surface area contributed by atoms with E-state index in [1.54, 1.807) is 12.1 Å². The molecule has 0 fully saturated rings. The van der Waals surface area contributed by atoms with Crippen molar-refractivity contribution >= 4 is 17.4 Å². The van der Waals surface area contributed by atoms with Crippen molar-refractivity contribution in [3.8, 4) is 0 Å². The van der Waals surface area contributed by atoms with Gasteiger partial charge in [0.25, 0.3) is 5.69 Å². The van der Waals surface area contributed by atoms with Crippen LogP contribution in [0.2, 0.25) is 0 Å². The Hall–Kier alpha value is -1.85. The summed E-state index contributed by atoms with van der Waals surface area (Å²) in [5, 5.41) is 20.3. The van der Waals surface area contributed by atoms with Crippen LogP contribution in [0.15, 0.2) is 46.2 Å². The molecule has 0 bridgehead atoms. The molecular formula is C16H15NO3S. The Morgan fingerprint density at radius 1 is 1.14 bits per heavy atom. The first-order valence-electron chi connectivity index (χ1n) is 6.85. The standard InChI is InChI=1S/C16H15NO3S/c18-10-11-4-7-16(15(8-11)17(19)20)21-14-6-5-12-2-1-3-13(12)9-14/h4-9,18H,1-3,10H2. The van der Waals surface area contributed by atoms with Gasteiger partial charge in [0.15, 0.2) is 0 Å². The van der Waals surface area contributed by atoms with Crippen LogP contribution in [0.5, 0.6) is 0 Å². The van der Waals surface area contributed by atoms with E-state index in [1.165, 1.54) is 35.4 Å². The van der Waals surface area contributed by atoms with Crippen molar-refractivity contribution in [3.05, 3.63) is 63.2 Å². The smallest absolute Gasteiger partial charge is 0.283 e. The van der Waals surface area contributed by atoms with E-state index < -0.39 is 4.92 Å². The van der Waals surface area contributed by atoms with E-state index in [-0.39, 0.29) is 12.3 Å². The Morgan fingerprint density at radius 2 is 1.95 bits per heavy atom. The zero-order chi connectivity index (χ0) is 14.8. The van der Waals surface area contributed by atoms with E-state index >= 15 is 0 Å². The lowest BCUT2D eigenvalue weighted by Crippen LogP contribution is -1.93. The second-order valence-corrected chi connectivity index (χ2v) is 6.22. The van der Waals surface area contributed by atoms with Crippen LogP contribution in [-0.2, 0) is 19.4 Å². The van der Waals surface area contributed by atoms with Crippen LogP contribution < -0.4 is 0 Å². The summed E-state index contributed by atoms with van der Waals surface area (Å²) in [6, 6.07) is 11.2. The number of benzene rings is 2. The molecule has 2 aromatic carbocycles. The van der Waals surface area contributed by atoms with E-state index in [0.717, 1.165) is 17.7 Å². The maximum atomic E-state index is 11.2. The predicted octanol–water partition coefficient (Wildman–Crippen LogP) is 3.73. The van der Waals surface area contributed by atoms with Gasteiger partial charge in [-0.25, -0.2) is 0 Å². The number of aliphatic hydroxyl groups excluding tert-OH is 1. The molecule has 5 heteroatoms. The summed E-state index contributed by atoms with van der Waals surface area (Å²) in [4.78, 5) is 12.4. The largest absolute Gasteiger partial charge is 0.392 e. The Bertz CT molecular complexity index is 700. The number of rotatable bonds is 4. The Labute approximate surface area is 127 Å². The summed E-state index contributed by atoms with van der Waals surface area (Å²) in [6.45, 7) is -0.190. The van der Waals surface area contributed by atoms with Gasteiger partial charge in [-0.1, -0.05) is 23.9 Å². The monoisotopic (exact) mass is 301 g/mol. The van der Waals surface area contributed by atoms with Gasteiger partial charge in [0.1, 0.15) is 0 Å². The average molecular weight is 301 g/mol. The molecule has 108 valence electrons. The molecule has 0 unspecified atom stereocenters. The van der Waals surface area contributed by atoms with E-state index in [9.17, 15) is 10.1 Å². The summed E-state index contributed by atoms with van der Waals surface area (Å²) in [7, 11) is 0. The number of aryl methyl sites for hydroxylation is 2. The SMILES string of the molecule is O=[N+]([O-])c1cc(CO)ccc1Sc1ccc2c(c1)CCC2. The summed E-state index contributed by atoms with van der Waals surface area (Å²) < 4.78 is 0. The lowest BCUT2D eigenvalue weighted by atomic mass is 10.1. The van der Waals surface area contributed by atoms with Crippen LogP contribution in [0.25, 0.3) is 0 Å². The predicted molar refractivity (Wildman–Crippen MR) is 81.6 cm³/mol. The first-order chi connectivity index (χ1) is 10.2. The normalized spacial score (nSPS) is 13.2. The number of hydrogen-bond donors (Lipinski definition) is 1. The first kappa shape index (κ1) is 14.1. The van der Waals surface area contributed by atoms with Crippen molar-refractivity contribution in [2.45, 2.75) is 35.7 Å². The molecule has 0 radical (unpaired) electrons. The highest BCUT2D eigenvalue weighted by atomic mass is 32.2. The molecule has 0 atom stereocenters. The summed E-state index contributed by atoms with van der Waals surface area (Å²) in [6.07, 6.45) is 3.41. The van der Waals surface area contributed by atoms with Gasteiger partial charge < -0.3 is 5.11 Å².